The van der Waals surface area contributed by atoms with E-state index < -0.39 is 0 Å². The van der Waals surface area contributed by atoms with Crippen molar-refractivity contribution in [2.75, 3.05) is 0 Å². The molecular formula is C51H32IrN-. The van der Waals surface area contributed by atoms with Gasteiger partial charge in [-0.2, -0.15) is 0 Å². The Balaban J connectivity index is 0.00000372. The van der Waals surface area contributed by atoms with Crippen LogP contribution in [0.5, 0.6) is 0 Å². The van der Waals surface area contributed by atoms with E-state index in [0.717, 1.165) is 27.8 Å². The zero-order valence-corrected chi connectivity index (χ0v) is 31.2. The van der Waals surface area contributed by atoms with E-state index in [0.29, 0.717) is 0 Å². The van der Waals surface area contributed by atoms with Gasteiger partial charge in [0, 0.05) is 26.3 Å². The third kappa shape index (κ3) is 5.83. The number of aromatic nitrogens is 1. The summed E-state index contributed by atoms with van der Waals surface area (Å²) >= 11 is 0. The van der Waals surface area contributed by atoms with Gasteiger partial charge in [0.05, 0.1) is 0 Å². The smallest absolute Gasteiger partial charge is 0.0167 e. The minimum atomic E-state index is 0. The van der Waals surface area contributed by atoms with Gasteiger partial charge in [0.15, 0.2) is 0 Å². The summed E-state index contributed by atoms with van der Waals surface area (Å²) in [5.41, 5.74) is 11.5. The molecule has 1 nitrogen and oxygen atoms in total. The SMILES string of the molecule is [Ir].[c-]1ccc(-c2cccc(-c3c(-c4cccc5ccccc45)ccc4ccc(-c5cccc6ccccc56)cc34)c2)cc1-c1nccc2ccccc12. The molecule has 0 bridgehead atoms. The van der Waals surface area contributed by atoms with Crippen LogP contribution in [0.3, 0.4) is 0 Å². The van der Waals surface area contributed by atoms with Crippen LogP contribution in [0.4, 0.5) is 0 Å². The van der Waals surface area contributed by atoms with Crippen LogP contribution >= 0.6 is 0 Å². The van der Waals surface area contributed by atoms with E-state index in [2.05, 4.69) is 188 Å². The molecule has 1 heterocycles. The molecule has 1 radical (unpaired) electrons. The Morgan fingerprint density at radius 3 is 1.74 bits per heavy atom. The van der Waals surface area contributed by atoms with Gasteiger partial charge in [0.2, 0.25) is 0 Å². The zero-order valence-electron chi connectivity index (χ0n) is 28.8. The fraction of sp³-hybridized carbons (Fsp3) is 0. The monoisotopic (exact) mass is 851 g/mol. The van der Waals surface area contributed by atoms with E-state index in [4.69, 9.17) is 4.98 Å². The number of rotatable bonds is 5. The molecule has 2 heteroatoms. The van der Waals surface area contributed by atoms with Crippen molar-refractivity contribution in [1.82, 2.24) is 4.98 Å². The molecule has 10 rings (SSSR count). The number of benzene rings is 9. The number of fused-ring (bicyclic) bond motifs is 4. The maximum absolute atomic E-state index is 4.80. The van der Waals surface area contributed by atoms with Gasteiger partial charge in [0.25, 0.3) is 0 Å². The molecule has 251 valence electrons. The second kappa shape index (κ2) is 13.7. The van der Waals surface area contributed by atoms with E-state index in [1.807, 2.05) is 12.3 Å². The molecule has 0 aliphatic rings. The summed E-state index contributed by atoms with van der Waals surface area (Å²) in [7, 11) is 0. The van der Waals surface area contributed by atoms with Crippen LogP contribution < -0.4 is 0 Å². The van der Waals surface area contributed by atoms with Crippen molar-refractivity contribution in [3.05, 3.63) is 200 Å². The Kier molecular flexibility index (Phi) is 8.48. The van der Waals surface area contributed by atoms with E-state index in [1.165, 1.54) is 71.1 Å². The number of hydrogen-bond donors (Lipinski definition) is 0. The first-order chi connectivity index (χ1) is 25.8. The molecule has 0 aliphatic carbocycles. The van der Waals surface area contributed by atoms with Gasteiger partial charge >= 0.3 is 0 Å². The molecule has 0 spiro atoms. The number of hydrogen-bond acceptors (Lipinski definition) is 1. The maximum Gasteiger partial charge on any atom is 0.0167 e. The fourth-order valence-electron chi connectivity index (χ4n) is 7.93. The Bertz CT molecular complexity index is 2960. The van der Waals surface area contributed by atoms with Crippen LogP contribution in [-0.4, -0.2) is 4.98 Å². The summed E-state index contributed by atoms with van der Waals surface area (Å²) in [6.07, 6.45) is 1.89. The summed E-state index contributed by atoms with van der Waals surface area (Å²) < 4.78 is 0. The van der Waals surface area contributed by atoms with Crippen molar-refractivity contribution in [3.8, 4) is 55.8 Å². The second-order valence-electron chi connectivity index (χ2n) is 13.4. The standard InChI is InChI=1S/C51H32N.Ir/c1-4-20-43-34(11-1)14-9-23-45(43)40-26-25-37-27-28-48(47-24-10-15-35-12-2-5-21-44(35)47)50(49(37)33-40)41-18-7-16-38(31-41)39-17-8-19-42(32-39)51-46-22-6-3-13-36(46)29-30-52-51;/h1-18,20-33H;/q-1;. The quantitative estimate of drug-likeness (QED) is 0.157. The van der Waals surface area contributed by atoms with Crippen molar-refractivity contribution < 1.29 is 20.1 Å². The molecule has 0 aliphatic heterocycles. The third-order valence-electron chi connectivity index (χ3n) is 10.4. The van der Waals surface area contributed by atoms with E-state index in [9.17, 15) is 0 Å². The van der Waals surface area contributed by atoms with E-state index in [-0.39, 0.29) is 20.1 Å². The molecule has 10 aromatic rings. The normalized spacial score (nSPS) is 11.2. The summed E-state index contributed by atoms with van der Waals surface area (Å²) in [5.74, 6) is 0. The van der Waals surface area contributed by atoms with Gasteiger partial charge in [-0.25, -0.2) is 0 Å². The third-order valence-corrected chi connectivity index (χ3v) is 10.4. The van der Waals surface area contributed by atoms with Gasteiger partial charge in [-0.05, 0) is 106 Å². The van der Waals surface area contributed by atoms with Crippen molar-refractivity contribution in [2.24, 2.45) is 0 Å². The molecule has 0 saturated carbocycles. The van der Waals surface area contributed by atoms with Gasteiger partial charge < -0.3 is 4.98 Å². The Labute approximate surface area is 322 Å². The van der Waals surface area contributed by atoms with Crippen molar-refractivity contribution in [1.29, 1.82) is 0 Å². The van der Waals surface area contributed by atoms with Crippen LogP contribution in [0.25, 0.3) is 98.9 Å². The van der Waals surface area contributed by atoms with E-state index >= 15 is 0 Å². The zero-order chi connectivity index (χ0) is 34.4. The molecule has 0 saturated heterocycles. The summed E-state index contributed by atoms with van der Waals surface area (Å²) in [6, 6.07) is 71.5. The predicted octanol–water partition coefficient (Wildman–Crippen LogP) is 13.8. The Morgan fingerprint density at radius 2 is 0.943 bits per heavy atom. The average Bonchev–Trinajstić information content (AvgIpc) is 3.22. The summed E-state index contributed by atoms with van der Waals surface area (Å²) in [6.45, 7) is 0. The van der Waals surface area contributed by atoms with Crippen LogP contribution in [-0.2, 0) is 20.1 Å². The minimum Gasteiger partial charge on any atom is -0.304 e. The second-order valence-corrected chi connectivity index (χ2v) is 13.4. The van der Waals surface area contributed by atoms with Gasteiger partial charge in [-0.15, -0.1) is 35.4 Å². The van der Waals surface area contributed by atoms with Gasteiger partial charge in [-0.1, -0.05) is 152 Å². The molecule has 0 fully saturated rings. The van der Waals surface area contributed by atoms with Crippen LogP contribution in [0, 0.1) is 6.07 Å². The number of nitrogens with zero attached hydrogens (tertiary/aromatic N) is 1. The van der Waals surface area contributed by atoms with Crippen molar-refractivity contribution >= 4 is 43.1 Å². The molecule has 0 N–H and O–H groups in total. The molecule has 53 heavy (non-hydrogen) atoms. The van der Waals surface area contributed by atoms with Crippen LogP contribution in [0.1, 0.15) is 0 Å². The first-order valence-corrected chi connectivity index (χ1v) is 17.8. The maximum atomic E-state index is 4.80. The molecule has 9 aromatic carbocycles. The largest absolute Gasteiger partial charge is 0.304 e. The van der Waals surface area contributed by atoms with Gasteiger partial charge in [-0.3, -0.25) is 0 Å². The predicted molar refractivity (Wildman–Crippen MR) is 220 cm³/mol. The Morgan fingerprint density at radius 1 is 0.358 bits per heavy atom. The van der Waals surface area contributed by atoms with Gasteiger partial charge in [0.1, 0.15) is 0 Å². The first kappa shape index (κ1) is 32.7. The Hall–Kier alpha value is -6.18. The first-order valence-electron chi connectivity index (χ1n) is 17.8. The average molecular weight is 851 g/mol. The number of pyridine rings is 1. The van der Waals surface area contributed by atoms with Crippen molar-refractivity contribution in [3.63, 3.8) is 0 Å². The van der Waals surface area contributed by atoms with Crippen LogP contribution in [0.15, 0.2) is 194 Å². The molecule has 1 aromatic heterocycles. The molecule has 0 amide bonds. The molecular weight excluding hydrogens is 819 g/mol. The fourth-order valence-corrected chi connectivity index (χ4v) is 7.93. The molecule has 0 unspecified atom stereocenters. The summed E-state index contributed by atoms with van der Waals surface area (Å²) in [5, 5.41) is 9.74. The minimum absolute atomic E-state index is 0. The topological polar surface area (TPSA) is 12.9 Å². The van der Waals surface area contributed by atoms with E-state index in [1.54, 1.807) is 0 Å². The summed E-state index contributed by atoms with van der Waals surface area (Å²) in [4.78, 5) is 4.80. The van der Waals surface area contributed by atoms with Crippen LogP contribution in [0.2, 0.25) is 0 Å². The van der Waals surface area contributed by atoms with Crippen molar-refractivity contribution in [2.45, 2.75) is 0 Å². The molecule has 0 atom stereocenters.